The van der Waals surface area contributed by atoms with Crippen LogP contribution >= 0.6 is 0 Å². The fraction of sp³-hybridized carbons (Fsp3) is 0.500. The van der Waals surface area contributed by atoms with Gasteiger partial charge in [-0.3, -0.25) is 0 Å². The van der Waals surface area contributed by atoms with Crippen LogP contribution in [0.4, 0.5) is 0 Å². The van der Waals surface area contributed by atoms with Gasteiger partial charge >= 0.3 is 0 Å². The maximum atomic E-state index is 8.65. The Kier molecular flexibility index (Phi) is 8.58. The van der Waals surface area contributed by atoms with Gasteiger partial charge in [-0.2, -0.15) is 0 Å². The summed E-state index contributed by atoms with van der Waals surface area (Å²) in [7, 11) is 0. The Balaban J connectivity index is 0.000000265. The van der Waals surface area contributed by atoms with Gasteiger partial charge in [0.1, 0.15) is 11.5 Å². The molecule has 1 aromatic carbocycles. The van der Waals surface area contributed by atoms with Crippen molar-refractivity contribution < 1.29 is 14.9 Å². The van der Waals surface area contributed by atoms with Crippen molar-refractivity contribution >= 4 is 0 Å². The lowest BCUT2D eigenvalue weighted by atomic mass is 10.3. The standard InChI is InChI=1S/C6H6O2.C6H14O/c7-5-2-1-3-6(8)4-5;1-3-5-7-6-4-2/h1-4,7-8H;3-6H2,1-2H3. The predicted octanol–water partition coefficient (Wildman–Crippen LogP) is 2.92. The molecule has 0 amide bonds. The zero-order valence-electron chi connectivity index (χ0n) is 9.44. The molecule has 1 aromatic rings. The molecule has 0 bridgehead atoms. The second-order valence-electron chi connectivity index (χ2n) is 3.13. The molecule has 0 heterocycles. The first kappa shape index (κ1) is 13.8. The van der Waals surface area contributed by atoms with Gasteiger partial charge < -0.3 is 14.9 Å². The van der Waals surface area contributed by atoms with Gasteiger partial charge in [0.25, 0.3) is 0 Å². The molecule has 1 rings (SSSR count). The van der Waals surface area contributed by atoms with Crippen LogP contribution in [0.3, 0.4) is 0 Å². The van der Waals surface area contributed by atoms with E-state index >= 15 is 0 Å². The summed E-state index contributed by atoms with van der Waals surface area (Å²) in [5, 5.41) is 17.3. The van der Waals surface area contributed by atoms with Crippen molar-refractivity contribution in [3.05, 3.63) is 24.3 Å². The molecule has 0 aliphatic heterocycles. The van der Waals surface area contributed by atoms with E-state index in [0.29, 0.717) is 0 Å². The van der Waals surface area contributed by atoms with E-state index in [1.54, 1.807) is 6.07 Å². The first-order valence-electron chi connectivity index (χ1n) is 5.26. The van der Waals surface area contributed by atoms with Crippen LogP contribution in [0.5, 0.6) is 11.5 Å². The van der Waals surface area contributed by atoms with Gasteiger partial charge in [0, 0.05) is 19.3 Å². The number of phenolic OH excluding ortho intramolecular Hbond substituents is 2. The van der Waals surface area contributed by atoms with Gasteiger partial charge in [0.2, 0.25) is 0 Å². The van der Waals surface area contributed by atoms with Crippen molar-refractivity contribution in [2.45, 2.75) is 26.7 Å². The Labute approximate surface area is 91.3 Å². The Bertz CT molecular complexity index is 227. The van der Waals surface area contributed by atoms with Crippen molar-refractivity contribution in [2.75, 3.05) is 13.2 Å². The predicted molar refractivity (Wildman–Crippen MR) is 61.2 cm³/mol. The van der Waals surface area contributed by atoms with E-state index in [0.717, 1.165) is 26.1 Å². The highest BCUT2D eigenvalue weighted by molar-refractivity contribution is 5.30. The van der Waals surface area contributed by atoms with Crippen LogP contribution in [-0.4, -0.2) is 23.4 Å². The summed E-state index contributed by atoms with van der Waals surface area (Å²) in [5.74, 6) is 0.176. The van der Waals surface area contributed by atoms with Crippen molar-refractivity contribution in [1.82, 2.24) is 0 Å². The molecule has 0 aliphatic rings. The molecule has 0 aromatic heterocycles. The van der Waals surface area contributed by atoms with Gasteiger partial charge in [-0.15, -0.1) is 0 Å². The van der Waals surface area contributed by atoms with Crippen LogP contribution < -0.4 is 0 Å². The van der Waals surface area contributed by atoms with Gasteiger partial charge in [0.05, 0.1) is 0 Å². The van der Waals surface area contributed by atoms with Crippen LogP contribution in [0.25, 0.3) is 0 Å². The van der Waals surface area contributed by atoms with Crippen LogP contribution in [-0.2, 0) is 4.74 Å². The molecule has 86 valence electrons. The first-order valence-corrected chi connectivity index (χ1v) is 5.26. The molecule has 15 heavy (non-hydrogen) atoms. The molecule has 0 unspecified atom stereocenters. The number of ether oxygens (including phenoxy) is 1. The molecule has 0 aliphatic carbocycles. The van der Waals surface area contributed by atoms with Gasteiger partial charge in [-0.25, -0.2) is 0 Å². The summed E-state index contributed by atoms with van der Waals surface area (Å²) < 4.78 is 5.13. The second-order valence-corrected chi connectivity index (χ2v) is 3.13. The van der Waals surface area contributed by atoms with Crippen LogP contribution in [0.2, 0.25) is 0 Å². The molecular weight excluding hydrogens is 192 g/mol. The number of hydrogen-bond acceptors (Lipinski definition) is 3. The minimum atomic E-state index is 0.0880. The Hall–Kier alpha value is -1.22. The summed E-state index contributed by atoms with van der Waals surface area (Å²) in [6, 6.07) is 5.85. The lowest BCUT2D eigenvalue weighted by molar-refractivity contribution is 0.135. The largest absolute Gasteiger partial charge is 0.508 e. The first-order chi connectivity index (χ1) is 7.20. The molecule has 3 nitrogen and oxygen atoms in total. The minimum Gasteiger partial charge on any atom is -0.508 e. The average Bonchev–Trinajstić information content (AvgIpc) is 2.19. The van der Waals surface area contributed by atoms with Crippen molar-refractivity contribution in [3.8, 4) is 11.5 Å². The van der Waals surface area contributed by atoms with Gasteiger partial charge in [-0.1, -0.05) is 19.9 Å². The summed E-state index contributed by atoms with van der Waals surface area (Å²) in [5.41, 5.74) is 0. The van der Waals surface area contributed by atoms with Crippen molar-refractivity contribution in [2.24, 2.45) is 0 Å². The molecule has 0 spiro atoms. The Morgan fingerprint density at radius 1 is 1.00 bits per heavy atom. The minimum absolute atomic E-state index is 0.0880. The fourth-order valence-electron chi connectivity index (χ4n) is 0.884. The van der Waals surface area contributed by atoms with E-state index in [4.69, 9.17) is 14.9 Å². The zero-order valence-corrected chi connectivity index (χ0v) is 9.44. The number of aromatic hydroxyl groups is 2. The Morgan fingerprint density at radius 2 is 1.47 bits per heavy atom. The molecule has 0 atom stereocenters. The van der Waals surface area contributed by atoms with Crippen molar-refractivity contribution in [3.63, 3.8) is 0 Å². The monoisotopic (exact) mass is 212 g/mol. The summed E-state index contributed by atoms with van der Waals surface area (Å²) in [4.78, 5) is 0. The van der Waals surface area contributed by atoms with E-state index < -0.39 is 0 Å². The average molecular weight is 212 g/mol. The van der Waals surface area contributed by atoms with E-state index in [9.17, 15) is 0 Å². The highest BCUT2D eigenvalue weighted by Crippen LogP contribution is 2.14. The topological polar surface area (TPSA) is 49.7 Å². The fourth-order valence-corrected chi connectivity index (χ4v) is 0.884. The maximum absolute atomic E-state index is 8.65. The van der Waals surface area contributed by atoms with Crippen LogP contribution in [0.15, 0.2) is 24.3 Å². The second kappa shape index (κ2) is 9.34. The third-order valence-electron chi connectivity index (χ3n) is 1.53. The molecule has 0 saturated carbocycles. The Morgan fingerprint density at radius 3 is 1.73 bits per heavy atom. The molecule has 0 saturated heterocycles. The lowest BCUT2D eigenvalue weighted by Crippen LogP contribution is -1.92. The lowest BCUT2D eigenvalue weighted by Gasteiger charge is -1.95. The van der Waals surface area contributed by atoms with Crippen molar-refractivity contribution in [1.29, 1.82) is 0 Å². The highest BCUT2D eigenvalue weighted by Gasteiger charge is 1.85. The SMILES string of the molecule is CCCOCCC.Oc1cccc(O)c1. The maximum Gasteiger partial charge on any atom is 0.119 e. The van der Waals surface area contributed by atoms with Gasteiger partial charge in [0.15, 0.2) is 0 Å². The summed E-state index contributed by atoms with van der Waals surface area (Å²) >= 11 is 0. The third-order valence-corrected chi connectivity index (χ3v) is 1.53. The smallest absolute Gasteiger partial charge is 0.119 e. The highest BCUT2D eigenvalue weighted by atomic mass is 16.5. The van der Waals surface area contributed by atoms with E-state index in [1.807, 2.05) is 0 Å². The summed E-state index contributed by atoms with van der Waals surface area (Å²) in [6.45, 7) is 6.09. The molecule has 0 fully saturated rings. The quantitative estimate of drug-likeness (QED) is 0.754. The number of benzene rings is 1. The third kappa shape index (κ3) is 9.09. The van der Waals surface area contributed by atoms with E-state index in [1.165, 1.54) is 18.2 Å². The molecule has 2 N–H and O–H groups in total. The van der Waals surface area contributed by atoms with E-state index in [2.05, 4.69) is 13.8 Å². The van der Waals surface area contributed by atoms with Gasteiger partial charge in [-0.05, 0) is 25.0 Å². The number of phenols is 2. The number of rotatable bonds is 4. The van der Waals surface area contributed by atoms with Crippen LogP contribution in [0.1, 0.15) is 26.7 Å². The summed E-state index contributed by atoms with van der Waals surface area (Å²) in [6.07, 6.45) is 2.28. The van der Waals surface area contributed by atoms with E-state index in [-0.39, 0.29) is 11.5 Å². The number of hydrogen-bond donors (Lipinski definition) is 2. The molecule has 3 heteroatoms. The van der Waals surface area contributed by atoms with Crippen LogP contribution in [0, 0.1) is 0 Å². The zero-order chi connectivity index (χ0) is 11.5. The normalized spacial score (nSPS) is 9.20. The molecular formula is C12H20O3. The molecule has 0 radical (unpaired) electrons.